The molecule has 6 nitrogen and oxygen atoms in total. The number of rotatable bonds is 4. The van der Waals surface area contributed by atoms with Crippen molar-refractivity contribution >= 4 is 5.97 Å². The van der Waals surface area contributed by atoms with E-state index in [0.29, 0.717) is 5.56 Å². The van der Waals surface area contributed by atoms with Crippen LogP contribution < -0.4 is 0 Å². The molecule has 1 saturated heterocycles. The summed E-state index contributed by atoms with van der Waals surface area (Å²) in [4.78, 5) is 11.7. The zero-order valence-electron chi connectivity index (χ0n) is 10.5. The first-order valence-corrected chi connectivity index (χ1v) is 5.91. The maximum atomic E-state index is 11.7. The average molecular weight is 268 g/mol. The molecule has 1 aromatic rings. The van der Waals surface area contributed by atoms with Crippen LogP contribution in [-0.4, -0.2) is 48.1 Å². The highest BCUT2D eigenvalue weighted by Crippen LogP contribution is 2.29. The second-order valence-corrected chi connectivity index (χ2v) is 4.29. The van der Waals surface area contributed by atoms with Crippen molar-refractivity contribution in [1.29, 1.82) is 0 Å². The molecule has 104 valence electrons. The molecule has 0 aromatic heterocycles. The van der Waals surface area contributed by atoms with Crippen LogP contribution in [0.25, 0.3) is 0 Å². The predicted molar refractivity (Wildman–Crippen MR) is 64.2 cm³/mol. The van der Waals surface area contributed by atoms with Gasteiger partial charge in [0.2, 0.25) is 0 Å². The number of esters is 1. The van der Waals surface area contributed by atoms with Crippen LogP contribution in [0.15, 0.2) is 30.3 Å². The highest BCUT2D eigenvalue weighted by atomic mass is 16.8. The molecule has 2 rings (SSSR count). The molecule has 1 aliphatic rings. The summed E-state index contributed by atoms with van der Waals surface area (Å²) in [5.41, 5.74) is 0.433. The molecule has 1 heterocycles. The van der Waals surface area contributed by atoms with Crippen molar-refractivity contribution in [1.82, 2.24) is 0 Å². The summed E-state index contributed by atoms with van der Waals surface area (Å²) in [7, 11) is 1.22. The van der Waals surface area contributed by atoms with Gasteiger partial charge in [-0.15, -0.1) is 0 Å². The topological polar surface area (TPSA) is 85.2 Å². The molecular weight excluding hydrogens is 252 g/mol. The van der Waals surface area contributed by atoms with Gasteiger partial charge in [-0.05, 0) is 12.1 Å². The molecule has 0 aliphatic carbocycles. The quantitative estimate of drug-likeness (QED) is 0.603. The Bertz CT molecular complexity index is 434. The maximum absolute atomic E-state index is 11.7. The first kappa shape index (κ1) is 14.0. The zero-order chi connectivity index (χ0) is 13.9. The van der Waals surface area contributed by atoms with Gasteiger partial charge >= 0.3 is 11.9 Å². The maximum Gasteiger partial charge on any atom is 0.338 e. The van der Waals surface area contributed by atoms with E-state index < -0.39 is 24.2 Å². The smallest absolute Gasteiger partial charge is 0.338 e. The summed E-state index contributed by atoms with van der Waals surface area (Å²) < 4.78 is 14.8. The lowest BCUT2D eigenvalue weighted by Gasteiger charge is -2.23. The monoisotopic (exact) mass is 268 g/mol. The molecule has 0 bridgehead atoms. The molecule has 6 heteroatoms. The Morgan fingerprint density at radius 2 is 2.16 bits per heavy atom. The van der Waals surface area contributed by atoms with Gasteiger partial charge in [-0.3, -0.25) is 0 Å². The van der Waals surface area contributed by atoms with E-state index in [9.17, 15) is 15.0 Å². The fourth-order valence-electron chi connectivity index (χ4n) is 1.88. The lowest BCUT2D eigenvalue weighted by molar-refractivity contribution is -0.366. The van der Waals surface area contributed by atoms with Crippen LogP contribution in [0.2, 0.25) is 0 Å². The van der Waals surface area contributed by atoms with Crippen LogP contribution in [0.1, 0.15) is 16.8 Å². The van der Waals surface area contributed by atoms with Crippen LogP contribution in [0.4, 0.5) is 0 Å². The van der Waals surface area contributed by atoms with Gasteiger partial charge in [-0.25, -0.2) is 4.79 Å². The van der Waals surface area contributed by atoms with Gasteiger partial charge in [-0.1, -0.05) is 18.2 Å². The Morgan fingerprint density at radius 3 is 2.74 bits per heavy atom. The van der Waals surface area contributed by atoms with E-state index in [1.807, 2.05) is 0 Å². The number of benzene rings is 1. The van der Waals surface area contributed by atoms with Gasteiger partial charge in [0.1, 0.15) is 18.8 Å². The third-order valence-corrected chi connectivity index (χ3v) is 2.95. The van der Waals surface area contributed by atoms with E-state index in [-0.39, 0.29) is 13.0 Å². The van der Waals surface area contributed by atoms with E-state index in [1.165, 1.54) is 7.11 Å². The van der Waals surface area contributed by atoms with Crippen LogP contribution in [0.3, 0.4) is 0 Å². The average Bonchev–Trinajstić information content (AvgIpc) is 2.73. The predicted octanol–water partition coefficient (Wildman–Crippen LogP) is 0.286. The van der Waals surface area contributed by atoms with Gasteiger partial charge in [0.05, 0.1) is 5.56 Å². The minimum Gasteiger partial charge on any atom is -0.459 e. The Morgan fingerprint density at radius 1 is 1.47 bits per heavy atom. The highest BCUT2D eigenvalue weighted by molar-refractivity contribution is 5.89. The highest BCUT2D eigenvalue weighted by Gasteiger charge is 2.48. The van der Waals surface area contributed by atoms with Gasteiger partial charge < -0.3 is 24.4 Å². The fourth-order valence-corrected chi connectivity index (χ4v) is 1.88. The van der Waals surface area contributed by atoms with Crippen LogP contribution in [-0.2, 0) is 14.2 Å². The van der Waals surface area contributed by atoms with Crippen LogP contribution in [0.5, 0.6) is 0 Å². The van der Waals surface area contributed by atoms with Crippen molar-refractivity contribution in [3.05, 3.63) is 35.9 Å². The van der Waals surface area contributed by atoms with Gasteiger partial charge in [0.15, 0.2) is 0 Å². The summed E-state index contributed by atoms with van der Waals surface area (Å²) in [5.74, 6) is -2.50. The SMILES string of the molecule is COC1(O)O[C@H](COC(=O)c2ccccc2)C[C@H]1O. The molecule has 0 radical (unpaired) electrons. The standard InChI is InChI=1S/C13H16O6/c1-17-13(16)11(14)7-10(19-13)8-18-12(15)9-5-3-2-4-6-9/h2-6,10-11,14,16H,7-8H2,1H3/t10-,11+,13?/m0/s1. The van der Waals surface area contributed by atoms with E-state index in [0.717, 1.165) is 0 Å². The second kappa shape index (κ2) is 5.66. The molecule has 0 amide bonds. The number of methoxy groups -OCH3 is 1. The molecule has 0 saturated carbocycles. The van der Waals surface area contributed by atoms with Crippen molar-refractivity contribution in [3.63, 3.8) is 0 Å². The number of ether oxygens (including phenoxy) is 3. The molecule has 0 spiro atoms. The summed E-state index contributed by atoms with van der Waals surface area (Å²) >= 11 is 0. The van der Waals surface area contributed by atoms with E-state index >= 15 is 0 Å². The first-order chi connectivity index (χ1) is 9.05. The van der Waals surface area contributed by atoms with Crippen LogP contribution >= 0.6 is 0 Å². The normalized spacial score (nSPS) is 30.3. The Hall–Kier alpha value is -1.47. The minimum atomic E-state index is -2.02. The van der Waals surface area contributed by atoms with Crippen molar-refractivity contribution < 1.29 is 29.2 Å². The van der Waals surface area contributed by atoms with Crippen molar-refractivity contribution in [2.75, 3.05) is 13.7 Å². The lowest BCUT2D eigenvalue weighted by Crippen LogP contribution is -2.41. The van der Waals surface area contributed by atoms with Crippen molar-refractivity contribution in [2.45, 2.75) is 24.6 Å². The van der Waals surface area contributed by atoms with E-state index in [2.05, 4.69) is 4.74 Å². The third kappa shape index (κ3) is 3.10. The molecule has 2 N–H and O–H groups in total. The molecule has 1 unspecified atom stereocenters. The van der Waals surface area contributed by atoms with Crippen molar-refractivity contribution in [2.24, 2.45) is 0 Å². The molecule has 1 aromatic carbocycles. The van der Waals surface area contributed by atoms with Crippen molar-refractivity contribution in [3.8, 4) is 0 Å². The zero-order valence-corrected chi connectivity index (χ0v) is 10.5. The molecule has 19 heavy (non-hydrogen) atoms. The summed E-state index contributed by atoms with van der Waals surface area (Å²) in [6.07, 6.45) is -1.64. The number of hydrogen-bond acceptors (Lipinski definition) is 6. The largest absolute Gasteiger partial charge is 0.459 e. The second-order valence-electron chi connectivity index (χ2n) is 4.29. The molecular formula is C13H16O6. The lowest BCUT2D eigenvalue weighted by atomic mass is 10.2. The Labute approximate surface area is 110 Å². The van der Waals surface area contributed by atoms with Crippen LogP contribution in [0, 0.1) is 0 Å². The number of carbonyl (C=O) groups is 1. The van der Waals surface area contributed by atoms with E-state index in [4.69, 9.17) is 9.47 Å². The Balaban J connectivity index is 1.86. The summed E-state index contributed by atoms with van der Waals surface area (Å²) in [6.45, 7) is -0.0591. The minimum absolute atomic E-state index is 0.0591. The summed E-state index contributed by atoms with van der Waals surface area (Å²) in [6, 6.07) is 8.54. The first-order valence-electron chi connectivity index (χ1n) is 5.91. The number of aliphatic hydroxyl groups excluding tert-OH is 1. The Kier molecular flexibility index (Phi) is 4.16. The molecule has 1 aliphatic heterocycles. The van der Waals surface area contributed by atoms with Gasteiger partial charge in [-0.2, -0.15) is 0 Å². The molecule has 3 atom stereocenters. The van der Waals surface area contributed by atoms with E-state index in [1.54, 1.807) is 30.3 Å². The van der Waals surface area contributed by atoms with Gasteiger partial charge in [0, 0.05) is 13.5 Å². The fraction of sp³-hybridized carbons (Fsp3) is 0.462. The number of hydrogen-bond donors (Lipinski definition) is 2. The van der Waals surface area contributed by atoms with Gasteiger partial charge in [0.25, 0.3) is 0 Å². The molecule has 1 fully saturated rings. The third-order valence-electron chi connectivity index (χ3n) is 2.95. The summed E-state index contributed by atoms with van der Waals surface area (Å²) in [5, 5.41) is 19.2. The number of aliphatic hydroxyl groups is 2. The number of carbonyl (C=O) groups excluding carboxylic acids is 1.